The average molecular weight is 601 g/mol. The number of nitrogens with zero attached hydrogens (tertiary/aromatic N) is 4. The second-order valence-corrected chi connectivity index (χ2v) is 12.0. The molecule has 4 aromatic rings. The van der Waals surface area contributed by atoms with Crippen molar-refractivity contribution in [3.05, 3.63) is 76.1 Å². The Morgan fingerprint density at radius 1 is 0.943 bits per heavy atom. The lowest BCUT2D eigenvalue weighted by Gasteiger charge is -2.36. The Morgan fingerprint density at radius 3 is 2.29 bits per heavy atom. The number of aryl methyl sites for hydroxylation is 1. The Balaban J connectivity index is 1.41. The van der Waals surface area contributed by atoms with Gasteiger partial charge in [0.15, 0.2) is 5.65 Å². The summed E-state index contributed by atoms with van der Waals surface area (Å²) in [5.41, 5.74) is 4.74. The van der Waals surface area contributed by atoms with Gasteiger partial charge in [-0.1, -0.05) is 36.8 Å². The molecule has 1 saturated heterocycles. The molecule has 6 nitrogen and oxygen atoms in total. The van der Waals surface area contributed by atoms with Gasteiger partial charge in [-0.05, 0) is 78.4 Å². The number of anilines is 1. The fraction of sp³-hybridized carbons (Fsp3) is 0.296. The van der Waals surface area contributed by atoms with Crippen molar-refractivity contribution >= 4 is 49.3 Å². The van der Waals surface area contributed by atoms with Crippen molar-refractivity contribution in [2.24, 2.45) is 0 Å². The maximum Gasteiger partial charge on any atom is 0.269 e. The van der Waals surface area contributed by atoms with Crippen molar-refractivity contribution in [2.75, 3.05) is 37.6 Å². The summed E-state index contributed by atoms with van der Waals surface area (Å²) in [6, 6.07) is 17.5. The van der Waals surface area contributed by atoms with Crippen LogP contribution in [-0.2, 0) is 10.0 Å². The van der Waals surface area contributed by atoms with Crippen LogP contribution in [0.4, 0.5) is 5.69 Å². The molecule has 0 N–H and O–H groups in total. The van der Waals surface area contributed by atoms with Crippen LogP contribution in [-0.4, -0.2) is 55.0 Å². The first-order valence-electron chi connectivity index (χ1n) is 11.9. The zero-order valence-electron chi connectivity index (χ0n) is 20.0. The first-order chi connectivity index (χ1) is 16.9. The third kappa shape index (κ3) is 4.83. The molecule has 2 aromatic carbocycles. The smallest absolute Gasteiger partial charge is 0.269 e. The summed E-state index contributed by atoms with van der Waals surface area (Å²) in [7, 11) is -3.72. The van der Waals surface area contributed by atoms with E-state index in [1.807, 2.05) is 25.1 Å². The van der Waals surface area contributed by atoms with E-state index in [2.05, 4.69) is 68.6 Å². The van der Waals surface area contributed by atoms with Crippen molar-refractivity contribution < 1.29 is 8.42 Å². The lowest BCUT2D eigenvalue weighted by Crippen LogP contribution is -2.46. The van der Waals surface area contributed by atoms with E-state index in [0.29, 0.717) is 5.65 Å². The minimum atomic E-state index is -3.72. The summed E-state index contributed by atoms with van der Waals surface area (Å²) in [6.07, 6.45) is 4.61. The van der Waals surface area contributed by atoms with Gasteiger partial charge in [-0.2, -0.15) is 0 Å². The molecule has 0 spiro atoms. The van der Waals surface area contributed by atoms with Crippen molar-refractivity contribution in [1.82, 2.24) is 13.9 Å². The summed E-state index contributed by atoms with van der Waals surface area (Å²) >= 11 is 2.19. The van der Waals surface area contributed by atoms with Gasteiger partial charge in [0.1, 0.15) is 0 Å². The van der Waals surface area contributed by atoms with Gasteiger partial charge < -0.3 is 4.90 Å². The molecular formula is C27H29IN4O2S. The number of hydrogen-bond acceptors (Lipinski definition) is 5. The van der Waals surface area contributed by atoms with Crippen LogP contribution in [0.1, 0.15) is 18.9 Å². The van der Waals surface area contributed by atoms with Gasteiger partial charge in [0, 0.05) is 58.8 Å². The molecule has 5 rings (SSSR count). The number of pyridine rings is 1. The van der Waals surface area contributed by atoms with E-state index in [-0.39, 0.29) is 4.90 Å². The maximum absolute atomic E-state index is 13.3. The quantitative estimate of drug-likeness (QED) is 0.278. The lowest BCUT2D eigenvalue weighted by atomic mass is 10.1. The van der Waals surface area contributed by atoms with Crippen molar-refractivity contribution in [1.29, 1.82) is 0 Å². The van der Waals surface area contributed by atoms with Gasteiger partial charge in [-0.25, -0.2) is 17.4 Å². The normalized spacial score (nSPS) is 15.1. The molecule has 2 aromatic heterocycles. The number of aromatic nitrogens is 2. The third-order valence-electron chi connectivity index (χ3n) is 6.62. The van der Waals surface area contributed by atoms with Crippen LogP contribution in [0.2, 0.25) is 0 Å². The topological polar surface area (TPSA) is 58.4 Å². The standard InChI is InChI=1S/C27H29IN4O2S/c1-3-12-30-13-15-31(16-14-30)23-8-6-21(7-9-23)22-17-25-26(28)19-32(27(25)29-18-22)35(33,34)24-10-4-20(2)5-11-24/h4-11,17-19H,3,12-16H2,1-2H3. The van der Waals surface area contributed by atoms with Crippen LogP contribution in [0.3, 0.4) is 0 Å². The fourth-order valence-corrected chi connectivity index (χ4v) is 6.81. The monoisotopic (exact) mass is 600 g/mol. The Morgan fingerprint density at radius 2 is 1.63 bits per heavy atom. The van der Waals surface area contributed by atoms with Gasteiger partial charge in [0.25, 0.3) is 10.0 Å². The summed E-state index contributed by atoms with van der Waals surface area (Å²) < 4.78 is 28.7. The largest absolute Gasteiger partial charge is 0.369 e. The van der Waals surface area contributed by atoms with E-state index in [1.54, 1.807) is 24.5 Å². The van der Waals surface area contributed by atoms with Gasteiger partial charge in [0.2, 0.25) is 0 Å². The maximum atomic E-state index is 13.3. The highest BCUT2D eigenvalue weighted by molar-refractivity contribution is 14.1. The number of piperazine rings is 1. The second-order valence-electron chi connectivity index (χ2n) is 9.06. The van der Waals surface area contributed by atoms with Crippen LogP contribution in [0.25, 0.3) is 22.2 Å². The van der Waals surface area contributed by atoms with Gasteiger partial charge in [-0.15, -0.1) is 0 Å². The van der Waals surface area contributed by atoms with E-state index in [4.69, 9.17) is 0 Å². The Labute approximate surface area is 220 Å². The van der Waals surface area contributed by atoms with E-state index in [9.17, 15) is 8.42 Å². The molecule has 0 radical (unpaired) electrons. The Kier molecular flexibility index (Phi) is 6.87. The van der Waals surface area contributed by atoms with E-state index < -0.39 is 10.0 Å². The van der Waals surface area contributed by atoms with Crippen molar-refractivity contribution in [3.63, 3.8) is 0 Å². The molecule has 0 unspecified atom stereocenters. The lowest BCUT2D eigenvalue weighted by molar-refractivity contribution is 0.258. The number of halogens is 1. The number of hydrogen-bond donors (Lipinski definition) is 0. The molecular weight excluding hydrogens is 571 g/mol. The molecule has 0 amide bonds. The number of benzene rings is 2. The van der Waals surface area contributed by atoms with Crippen LogP contribution in [0, 0.1) is 10.5 Å². The highest BCUT2D eigenvalue weighted by Gasteiger charge is 2.22. The van der Waals surface area contributed by atoms with Gasteiger partial charge >= 0.3 is 0 Å². The first-order valence-corrected chi connectivity index (χ1v) is 14.5. The van der Waals surface area contributed by atoms with E-state index in [0.717, 1.165) is 51.8 Å². The molecule has 1 aliphatic heterocycles. The van der Waals surface area contributed by atoms with E-state index >= 15 is 0 Å². The molecule has 0 bridgehead atoms. The average Bonchev–Trinajstić information content (AvgIpc) is 3.22. The van der Waals surface area contributed by atoms with Crippen LogP contribution < -0.4 is 4.90 Å². The minimum absolute atomic E-state index is 0.258. The van der Waals surface area contributed by atoms with Crippen molar-refractivity contribution in [3.8, 4) is 11.1 Å². The van der Waals surface area contributed by atoms with Gasteiger partial charge in [-0.3, -0.25) is 4.90 Å². The first kappa shape index (κ1) is 24.3. The summed E-state index contributed by atoms with van der Waals surface area (Å²) in [5.74, 6) is 0. The molecule has 35 heavy (non-hydrogen) atoms. The Bertz CT molecular complexity index is 1440. The Hall–Kier alpha value is -2.43. The van der Waals surface area contributed by atoms with Crippen LogP contribution in [0.15, 0.2) is 71.9 Å². The highest BCUT2D eigenvalue weighted by Crippen LogP contribution is 2.30. The van der Waals surface area contributed by atoms with Crippen LogP contribution in [0.5, 0.6) is 0 Å². The summed E-state index contributed by atoms with van der Waals surface area (Å²) in [4.78, 5) is 9.81. The zero-order valence-corrected chi connectivity index (χ0v) is 23.0. The molecule has 1 aliphatic rings. The molecule has 8 heteroatoms. The predicted octanol–water partition coefficient (Wildman–Crippen LogP) is 5.39. The number of rotatable bonds is 6. The summed E-state index contributed by atoms with van der Waals surface area (Å²) in [5, 5.41) is 0.829. The van der Waals surface area contributed by atoms with Crippen LogP contribution >= 0.6 is 22.6 Å². The third-order valence-corrected chi connectivity index (χ3v) is 9.14. The molecule has 1 fully saturated rings. The van der Waals surface area contributed by atoms with E-state index in [1.165, 1.54) is 22.6 Å². The predicted molar refractivity (Wildman–Crippen MR) is 151 cm³/mol. The molecule has 0 saturated carbocycles. The highest BCUT2D eigenvalue weighted by atomic mass is 127. The zero-order chi connectivity index (χ0) is 24.6. The summed E-state index contributed by atoms with van der Waals surface area (Å²) in [6.45, 7) is 9.66. The van der Waals surface area contributed by atoms with Crippen molar-refractivity contribution in [2.45, 2.75) is 25.2 Å². The van der Waals surface area contributed by atoms with Gasteiger partial charge in [0.05, 0.1) is 4.90 Å². The minimum Gasteiger partial charge on any atom is -0.369 e. The molecule has 182 valence electrons. The SMILES string of the molecule is CCCN1CCN(c2ccc(-c3cnc4c(c3)c(I)cn4S(=O)(=O)c3ccc(C)cc3)cc2)CC1. The second kappa shape index (κ2) is 9.91. The molecule has 3 heterocycles. The fourth-order valence-electron chi connectivity index (χ4n) is 4.62. The molecule has 0 aliphatic carbocycles. The number of fused-ring (bicyclic) bond motifs is 1. The molecule has 0 atom stereocenters.